The van der Waals surface area contributed by atoms with E-state index in [0.717, 1.165) is 17.7 Å². The minimum absolute atomic E-state index is 0.557. The van der Waals surface area contributed by atoms with Crippen molar-refractivity contribution in [1.29, 1.82) is 0 Å². The standard InChI is InChI=1S/C10H10NO/c1-2-5-9-6-3-4-7-10(9)11-8-12/h2-4,6-8H,1,5H2. The van der Waals surface area contributed by atoms with Gasteiger partial charge in [0.05, 0.1) is 5.69 Å². The summed E-state index contributed by atoms with van der Waals surface area (Å²) in [6.45, 7) is 3.63. The highest BCUT2D eigenvalue weighted by Gasteiger charge is 1.98. The first-order valence-electron chi connectivity index (χ1n) is 3.71. The van der Waals surface area contributed by atoms with Crippen LogP contribution in [0.1, 0.15) is 5.56 Å². The molecule has 0 aliphatic carbocycles. The Morgan fingerprint density at radius 1 is 1.42 bits per heavy atom. The minimum atomic E-state index is 0.557. The van der Waals surface area contributed by atoms with Gasteiger partial charge in [-0.05, 0) is 18.1 Å². The molecule has 61 valence electrons. The highest BCUT2D eigenvalue weighted by Crippen LogP contribution is 2.14. The second kappa shape index (κ2) is 4.34. The van der Waals surface area contributed by atoms with Gasteiger partial charge in [-0.15, -0.1) is 6.58 Å². The predicted molar refractivity (Wildman–Crippen MR) is 48.2 cm³/mol. The average Bonchev–Trinajstić information content (AvgIpc) is 2.09. The molecule has 12 heavy (non-hydrogen) atoms. The van der Waals surface area contributed by atoms with Crippen molar-refractivity contribution in [3.05, 3.63) is 42.5 Å². The van der Waals surface area contributed by atoms with Crippen molar-refractivity contribution < 1.29 is 4.79 Å². The molecular weight excluding hydrogens is 150 g/mol. The molecule has 0 saturated carbocycles. The van der Waals surface area contributed by atoms with Crippen LogP contribution in [0.5, 0.6) is 0 Å². The van der Waals surface area contributed by atoms with Gasteiger partial charge in [-0.25, -0.2) is 5.32 Å². The molecule has 1 radical (unpaired) electrons. The first-order chi connectivity index (χ1) is 5.88. The van der Waals surface area contributed by atoms with E-state index in [-0.39, 0.29) is 0 Å². The maximum Gasteiger partial charge on any atom is 0.233 e. The molecule has 0 fully saturated rings. The van der Waals surface area contributed by atoms with E-state index in [2.05, 4.69) is 11.9 Å². The highest BCUT2D eigenvalue weighted by atomic mass is 16.1. The first kappa shape index (κ1) is 8.53. The Hall–Kier alpha value is -1.57. The number of carbonyl (C=O) groups is 1. The summed E-state index contributed by atoms with van der Waals surface area (Å²) in [6.07, 6.45) is 3.09. The minimum Gasteiger partial charge on any atom is -0.276 e. The summed E-state index contributed by atoms with van der Waals surface area (Å²) < 4.78 is 0. The number of hydrogen-bond donors (Lipinski definition) is 0. The van der Waals surface area contributed by atoms with Gasteiger partial charge in [0.1, 0.15) is 0 Å². The Labute approximate surface area is 71.9 Å². The number of carbonyl (C=O) groups excluding carboxylic acids is 1. The van der Waals surface area contributed by atoms with E-state index < -0.39 is 0 Å². The monoisotopic (exact) mass is 160 g/mol. The van der Waals surface area contributed by atoms with E-state index in [1.807, 2.05) is 24.3 Å². The zero-order chi connectivity index (χ0) is 8.81. The molecule has 0 spiro atoms. The molecule has 0 bridgehead atoms. The van der Waals surface area contributed by atoms with Crippen LogP contribution >= 0.6 is 0 Å². The summed E-state index contributed by atoms with van der Waals surface area (Å²) in [5, 5.41) is 3.70. The van der Waals surface area contributed by atoms with Crippen LogP contribution in [-0.4, -0.2) is 6.41 Å². The lowest BCUT2D eigenvalue weighted by atomic mass is 10.1. The van der Waals surface area contributed by atoms with Crippen LogP contribution in [-0.2, 0) is 11.2 Å². The fourth-order valence-electron chi connectivity index (χ4n) is 1.02. The Morgan fingerprint density at radius 2 is 2.17 bits per heavy atom. The molecular formula is C10H10NO. The molecule has 0 heterocycles. The third-order valence-corrected chi connectivity index (χ3v) is 1.55. The summed E-state index contributed by atoms with van der Waals surface area (Å²) in [6, 6.07) is 7.52. The predicted octanol–water partition coefficient (Wildman–Crippen LogP) is 1.81. The van der Waals surface area contributed by atoms with Gasteiger partial charge >= 0.3 is 0 Å². The van der Waals surface area contributed by atoms with Crippen molar-refractivity contribution in [3.63, 3.8) is 0 Å². The van der Waals surface area contributed by atoms with Gasteiger partial charge in [-0.2, -0.15) is 0 Å². The summed E-state index contributed by atoms with van der Waals surface area (Å²) in [5.74, 6) is 0. The van der Waals surface area contributed by atoms with E-state index >= 15 is 0 Å². The van der Waals surface area contributed by atoms with Gasteiger partial charge < -0.3 is 0 Å². The summed E-state index contributed by atoms with van der Waals surface area (Å²) >= 11 is 0. The number of benzene rings is 1. The van der Waals surface area contributed by atoms with Crippen molar-refractivity contribution in [1.82, 2.24) is 5.32 Å². The average molecular weight is 160 g/mol. The lowest BCUT2D eigenvalue weighted by molar-refractivity contribution is -0.108. The molecule has 0 N–H and O–H groups in total. The Morgan fingerprint density at radius 3 is 2.83 bits per heavy atom. The molecule has 1 amide bonds. The second-order valence-electron chi connectivity index (χ2n) is 2.36. The van der Waals surface area contributed by atoms with Gasteiger partial charge in [0, 0.05) is 0 Å². The van der Waals surface area contributed by atoms with Gasteiger partial charge in [0.15, 0.2) is 0 Å². The van der Waals surface area contributed by atoms with E-state index in [9.17, 15) is 4.79 Å². The Kier molecular flexibility index (Phi) is 3.08. The van der Waals surface area contributed by atoms with Crippen LogP contribution < -0.4 is 5.32 Å². The van der Waals surface area contributed by atoms with Crippen LogP contribution in [0.2, 0.25) is 0 Å². The van der Waals surface area contributed by atoms with Crippen molar-refractivity contribution in [2.75, 3.05) is 0 Å². The Balaban J connectivity index is 2.90. The van der Waals surface area contributed by atoms with Crippen molar-refractivity contribution in [2.45, 2.75) is 6.42 Å². The van der Waals surface area contributed by atoms with Gasteiger partial charge in [-0.1, -0.05) is 24.3 Å². The Bertz CT molecular complexity index is 252. The molecule has 0 aliphatic heterocycles. The van der Waals surface area contributed by atoms with Crippen molar-refractivity contribution >= 4 is 12.1 Å². The van der Waals surface area contributed by atoms with E-state index in [1.54, 1.807) is 6.08 Å². The number of hydrogen-bond acceptors (Lipinski definition) is 1. The second-order valence-corrected chi connectivity index (χ2v) is 2.36. The lowest BCUT2D eigenvalue weighted by Crippen LogP contribution is -1.96. The fraction of sp³-hybridized carbons (Fsp3) is 0.100. The first-order valence-corrected chi connectivity index (χ1v) is 3.71. The number of allylic oxidation sites excluding steroid dienone is 1. The molecule has 0 aliphatic rings. The van der Waals surface area contributed by atoms with Crippen LogP contribution in [0, 0.1) is 0 Å². The van der Waals surface area contributed by atoms with Crippen LogP contribution in [0.3, 0.4) is 0 Å². The number of para-hydroxylation sites is 1. The largest absolute Gasteiger partial charge is 0.276 e. The zero-order valence-electron chi connectivity index (χ0n) is 6.73. The molecule has 0 unspecified atom stereocenters. The van der Waals surface area contributed by atoms with Crippen LogP contribution in [0.25, 0.3) is 0 Å². The number of rotatable bonds is 4. The molecule has 0 atom stereocenters. The normalized spacial score (nSPS) is 9.00. The third kappa shape index (κ3) is 1.95. The van der Waals surface area contributed by atoms with Gasteiger partial charge in [0.2, 0.25) is 6.41 Å². The van der Waals surface area contributed by atoms with Crippen molar-refractivity contribution in [2.24, 2.45) is 0 Å². The third-order valence-electron chi connectivity index (χ3n) is 1.55. The highest BCUT2D eigenvalue weighted by molar-refractivity contribution is 5.61. The fourth-order valence-corrected chi connectivity index (χ4v) is 1.02. The SMILES string of the molecule is C=CCc1ccccc1[N]C=O. The smallest absolute Gasteiger partial charge is 0.233 e. The molecule has 2 nitrogen and oxygen atoms in total. The quantitative estimate of drug-likeness (QED) is 0.488. The molecule has 2 heteroatoms. The maximum atomic E-state index is 10.1. The number of amides is 1. The summed E-state index contributed by atoms with van der Waals surface area (Å²) in [5.41, 5.74) is 1.76. The zero-order valence-corrected chi connectivity index (χ0v) is 6.73. The summed E-state index contributed by atoms with van der Waals surface area (Å²) in [7, 11) is 0. The van der Waals surface area contributed by atoms with Crippen LogP contribution in [0.4, 0.5) is 5.69 Å². The van der Waals surface area contributed by atoms with E-state index in [4.69, 9.17) is 0 Å². The molecule has 1 aromatic carbocycles. The molecule has 1 aromatic rings. The molecule has 0 aromatic heterocycles. The number of nitrogens with zero attached hydrogens (tertiary/aromatic N) is 1. The van der Waals surface area contributed by atoms with E-state index in [0.29, 0.717) is 6.41 Å². The van der Waals surface area contributed by atoms with Crippen LogP contribution in [0.15, 0.2) is 36.9 Å². The molecule has 1 rings (SSSR count). The summed E-state index contributed by atoms with van der Waals surface area (Å²) in [4.78, 5) is 10.1. The van der Waals surface area contributed by atoms with Gasteiger partial charge in [0.25, 0.3) is 0 Å². The lowest BCUT2D eigenvalue weighted by Gasteiger charge is -2.01. The molecule has 0 saturated heterocycles. The van der Waals surface area contributed by atoms with Crippen molar-refractivity contribution in [3.8, 4) is 0 Å². The van der Waals surface area contributed by atoms with E-state index in [1.165, 1.54) is 0 Å². The topological polar surface area (TPSA) is 31.2 Å². The van der Waals surface area contributed by atoms with Gasteiger partial charge in [-0.3, -0.25) is 4.79 Å². The maximum absolute atomic E-state index is 10.1.